The van der Waals surface area contributed by atoms with Gasteiger partial charge in [0, 0.05) is 20.3 Å². The van der Waals surface area contributed by atoms with Crippen molar-refractivity contribution in [2.45, 2.75) is 25.4 Å². The Hall–Kier alpha value is -1.51. The number of carboxylic acid groups (broad SMARTS) is 1. The second kappa shape index (κ2) is 9.40. The molecule has 0 aliphatic heterocycles. The summed E-state index contributed by atoms with van der Waals surface area (Å²) in [6.07, 6.45) is -2.51. The summed E-state index contributed by atoms with van der Waals surface area (Å²) in [7, 11) is 1.56. The SMILES string of the molecule is COCCCCCNC(=O)N(CC(=O)O)CC(F)(F)F. The van der Waals surface area contributed by atoms with Crippen LogP contribution < -0.4 is 5.32 Å². The van der Waals surface area contributed by atoms with Gasteiger partial charge in [-0.05, 0) is 19.3 Å². The van der Waals surface area contributed by atoms with Gasteiger partial charge in [-0.1, -0.05) is 0 Å². The van der Waals surface area contributed by atoms with E-state index in [4.69, 9.17) is 9.84 Å². The lowest BCUT2D eigenvalue weighted by Crippen LogP contribution is -2.47. The predicted molar refractivity (Wildman–Crippen MR) is 64.4 cm³/mol. The molecule has 0 unspecified atom stereocenters. The molecule has 2 amide bonds. The van der Waals surface area contributed by atoms with Crippen molar-refractivity contribution < 1.29 is 32.6 Å². The molecule has 0 aromatic heterocycles. The number of alkyl halides is 3. The van der Waals surface area contributed by atoms with Gasteiger partial charge < -0.3 is 20.1 Å². The van der Waals surface area contributed by atoms with E-state index in [1.807, 2.05) is 0 Å². The molecular formula is C11H19F3N2O4. The van der Waals surface area contributed by atoms with Crippen molar-refractivity contribution in [3.05, 3.63) is 0 Å². The molecule has 0 bridgehead atoms. The molecule has 118 valence electrons. The fourth-order valence-electron chi connectivity index (χ4n) is 1.43. The Bertz CT molecular complexity index is 311. The second-order valence-electron chi connectivity index (χ2n) is 4.15. The summed E-state index contributed by atoms with van der Waals surface area (Å²) >= 11 is 0. The number of carbonyl (C=O) groups excluding carboxylic acids is 1. The number of carbonyl (C=O) groups is 2. The number of halogens is 3. The molecule has 0 radical (unpaired) electrons. The molecule has 0 atom stereocenters. The van der Waals surface area contributed by atoms with Gasteiger partial charge in [0.25, 0.3) is 0 Å². The predicted octanol–water partition coefficient (Wildman–Crippen LogP) is 1.46. The smallest absolute Gasteiger partial charge is 0.406 e. The number of aliphatic carboxylic acids is 1. The molecule has 0 aliphatic rings. The molecule has 0 saturated heterocycles. The number of hydrogen-bond donors (Lipinski definition) is 2. The summed E-state index contributed by atoms with van der Waals surface area (Å²) in [5.41, 5.74) is 0. The number of ether oxygens (including phenoxy) is 1. The van der Waals surface area contributed by atoms with Crippen LogP contribution in [0.2, 0.25) is 0 Å². The van der Waals surface area contributed by atoms with Crippen LogP contribution in [0, 0.1) is 0 Å². The van der Waals surface area contributed by atoms with E-state index < -0.39 is 31.3 Å². The lowest BCUT2D eigenvalue weighted by molar-refractivity contribution is -0.148. The Labute approximate surface area is 114 Å². The van der Waals surface area contributed by atoms with Crippen LogP contribution in [-0.4, -0.2) is 61.5 Å². The molecule has 0 fully saturated rings. The normalized spacial score (nSPS) is 11.2. The summed E-state index contributed by atoms with van der Waals surface area (Å²) in [5.74, 6) is -1.50. The van der Waals surface area contributed by atoms with Gasteiger partial charge in [0.15, 0.2) is 0 Å². The Morgan fingerprint density at radius 2 is 1.90 bits per heavy atom. The van der Waals surface area contributed by atoms with Gasteiger partial charge in [-0.15, -0.1) is 0 Å². The number of amides is 2. The number of nitrogens with zero attached hydrogens (tertiary/aromatic N) is 1. The molecule has 2 N–H and O–H groups in total. The standard InChI is InChI=1S/C11H19F3N2O4/c1-20-6-4-2-3-5-15-10(19)16(7-9(17)18)8-11(12,13)14/h2-8H2,1H3,(H,15,19)(H,17,18). The van der Waals surface area contributed by atoms with E-state index in [0.29, 0.717) is 13.0 Å². The number of methoxy groups -OCH3 is 1. The Kier molecular flexibility index (Phi) is 8.69. The fraction of sp³-hybridized carbons (Fsp3) is 0.818. The van der Waals surface area contributed by atoms with Crippen molar-refractivity contribution >= 4 is 12.0 Å². The van der Waals surface area contributed by atoms with Gasteiger partial charge in [0.05, 0.1) is 0 Å². The van der Waals surface area contributed by atoms with E-state index in [-0.39, 0.29) is 11.4 Å². The number of carboxylic acids is 1. The molecule has 20 heavy (non-hydrogen) atoms. The summed E-state index contributed by atoms with van der Waals surface area (Å²) < 4.78 is 41.5. The summed E-state index contributed by atoms with van der Waals surface area (Å²) in [4.78, 5) is 22.1. The van der Waals surface area contributed by atoms with Crippen LogP contribution in [-0.2, 0) is 9.53 Å². The summed E-state index contributed by atoms with van der Waals surface area (Å²) in [5, 5.41) is 10.8. The van der Waals surface area contributed by atoms with E-state index >= 15 is 0 Å². The quantitative estimate of drug-likeness (QED) is 0.632. The van der Waals surface area contributed by atoms with Crippen molar-refractivity contribution in [2.75, 3.05) is 33.4 Å². The average Bonchev–Trinajstić information content (AvgIpc) is 2.30. The average molecular weight is 300 g/mol. The van der Waals surface area contributed by atoms with Gasteiger partial charge in [-0.3, -0.25) is 4.79 Å². The highest BCUT2D eigenvalue weighted by Crippen LogP contribution is 2.16. The van der Waals surface area contributed by atoms with E-state index in [1.165, 1.54) is 0 Å². The van der Waals surface area contributed by atoms with Crippen LogP contribution in [0.4, 0.5) is 18.0 Å². The summed E-state index contributed by atoms with van der Waals surface area (Å²) in [6, 6.07) is -1.03. The molecule has 0 aliphatic carbocycles. The van der Waals surface area contributed by atoms with Crippen molar-refractivity contribution in [2.24, 2.45) is 0 Å². The Morgan fingerprint density at radius 3 is 2.40 bits per heavy atom. The van der Waals surface area contributed by atoms with Crippen molar-refractivity contribution in [1.82, 2.24) is 10.2 Å². The summed E-state index contributed by atoms with van der Waals surface area (Å²) in [6.45, 7) is -1.81. The molecule has 0 saturated carbocycles. The van der Waals surface area contributed by atoms with Crippen LogP contribution in [0.25, 0.3) is 0 Å². The maximum Gasteiger partial charge on any atom is 0.406 e. The first kappa shape index (κ1) is 18.5. The second-order valence-corrected chi connectivity index (χ2v) is 4.15. The maximum atomic E-state index is 12.2. The highest BCUT2D eigenvalue weighted by molar-refractivity contribution is 5.80. The molecule has 0 heterocycles. The van der Waals surface area contributed by atoms with Crippen LogP contribution >= 0.6 is 0 Å². The largest absolute Gasteiger partial charge is 0.480 e. The van der Waals surface area contributed by atoms with Crippen LogP contribution in [0.5, 0.6) is 0 Å². The lowest BCUT2D eigenvalue weighted by atomic mass is 10.2. The third-order valence-corrected chi connectivity index (χ3v) is 2.28. The minimum atomic E-state index is -4.63. The zero-order valence-corrected chi connectivity index (χ0v) is 11.2. The van der Waals surface area contributed by atoms with E-state index in [1.54, 1.807) is 7.11 Å². The van der Waals surface area contributed by atoms with Crippen molar-refractivity contribution in [1.29, 1.82) is 0 Å². The number of hydrogen-bond acceptors (Lipinski definition) is 3. The molecule has 0 rings (SSSR count). The minimum absolute atomic E-state index is 0.191. The van der Waals surface area contributed by atoms with Crippen LogP contribution in [0.15, 0.2) is 0 Å². The molecule has 9 heteroatoms. The van der Waals surface area contributed by atoms with Crippen molar-refractivity contribution in [3.63, 3.8) is 0 Å². The number of nitrogens with one attached hydrogen (secondary N) is 1. The lowest BCUT2D eigenvalue weighted by Gasteiger charge is -2.22. The van der Waals surface area contributed by atoms with Crippen LogP contribution in [0.3, 0.4) is 0 Å². The van der Waals surface area contributed by atoms with E-state index in [2.05, 4.69) is 5.32 Å². The monoisotopic (exact) mass is 300 g/mol. The number of unbranched alkanes of at least 4 members (excludes halogenated alkanes) is 2. The van der Waals surface area contributed by atoms with Crippen molar-refractivity contribution in [3.8, 4) is 0 Å². The topological polar surface area (TPSA) is 78.9 Å². The van der Waals surface area contributed by atoms with Gasteiger partial charge >= 0.3 is 18.2 Å². The van der Waals surface area contributed by atoms with Gasteiger partial charge in [-0.2, -0.15) is 13.2 Å². The number of urea groups is 1. The van der Waals surface area contributed by atoms with Crippen LogP contribution in [0.1, 0.15) is 19.3 Å². The first-order valence-electron chi connectivity index (χ1n) is 6.06. The number of rotatable bonds is 9. The maximum absolute atomic E-state index is 12.2. The third kappa shape index (κ3) is 10.4. The Morgan fingerprint density at radius 1 is 1.25 bits per heavy atom. The first-order valence-corrected chi connectivity index (χ1v) is 6.06. The van der Waals surface area contributed by atoms with Gasteiger partial charge in [0.1, 0.15) is 13.1 Å². The molecule has 0 spiro atoms. The third-order valence-electron chi connectivity index (χ3n) is 2.28. The first-order chi connectivity index (χ1) is 9.26. The fourth-order valence-corrected chi connectivity index (χ4v) is 1.43. The van der Waals surface area contributed by atoms with E-state index in [9.17, 15) is 22.8 Å². The molecule has 6 nitrogen and oxygen atoms in total. The molecular weight excluding hydrogens is 281 g/mol. The highest BCUT2D eigenvalue weighted by atomic mass is 19.4. The minimum Gasteiger partial charge on any atom is -0.480 e. The Balaban J connectivity index is 4.11. The zero-order valence-electron chi connectivity index (χ0n) is 11.2. The molecule has 0 aromatic carbocycles. The zero-order chi connectivity index (χ0) is 15.6. The molecule has 0 aromatic rings. The van der Waals surface area contributed by atoms with Gasteiger partial charge in [-0.25, -0.2) is 4.79 Å². The van der Waals surface area contributed by atoms with Gasteiger partial charge in [0.2, 0.25) is 0 Å². The van der Waals surface area contributed by atoms with E-state index in [0.717, 1.165) is 12.8 Å². The highest BCUT2D eigenvalue weighted by Gasteiger charge is 2.33.